The van der Waals surface area contributed by atoms with Gasteiger partial charge in [0.1, 0.15) is 6.54 Å². The molecule has 1 fully saturated rings. The van der Waals surface area contributed by atoms with Crippen molar-refractivity contribution in [2.45, 2.75) is 37.5 Å². The van der Waals surface area contributed by atoms with E-state index in [0.717, 1.165) is 35.7 Å². The number of halogens is 1. The highest BCUT2D eigenvalue weighted by Crippen LogP contribution is 2.27. The Morgan fingerprint density at radius 1 is 1.04 bits per heavy atom. The summed E-state index contributed by atoms with van der Waals surface area (Å²) in [6.45, 7) is 3.09. The number of nitrogens with zero attached hydrogens (tertiary/aromatic N) is 2. The van der Waals surface area contributed by atoms with Gasteiger partial charge in [0.25, 0.3) is 10.0 Å². The number of anilines is 1. The Hall–Kier alpha value is -1.86. The molecule has 7 heteroatoms. The SMILES string of the molecule is Cc1ccc(S(=O)(=O)N(CC(=O)N2CCCCCC2)c2cccc(Br)c2)cc1. The van der Waals surface area contributed by atoms with Crippen LogP contribution in [-0.2, 0) is 14.8 Å². The number of benzene rings is 2. The van der Waals surface area contributed by atoms with E-state index in [9.17, 15) is 13.2 Å². The largest absolute Gasteiger partial charge is 0.341 e. The average molecular weight is 465 g/mol. The number of rotatable bonds is 5. The van der Waals surface area contributed by atoms with Gasteiger partial charge in [0.2, 0.25) is 5.91 Å². The molecule has 0 aliphatic carbocycles. The van der Waals surface area contributed by atoms with E-state index < -0.39 is 10.0 Å². The molecule has 0 spiro atoms. The molecular weight excluding hydrogens is 440 g/mol. The summed E-state index contributed by atoms with van der Waals surface area (Å²) in [6.07, 6.45) is 4.16. The van der Waals surface area contributed by atoms with Crippen LogP contribution in [0.1, 0.15) is 31.2 Å². The van der Waals surface area contributed by atoms with E-state index >= 15 is 0 Å². The average Bonchev–Trinajstić information content (AvgIpc) is 2.95. The maximum Gasteiger partial charge on any atom is 0.264 e. The van der Waals surface area contributed by atoms with Gasteiger partial charge < -0.3 is 4.90 Å². The minimum absolute atomic E-state index is 0.155. The van der Waals surface area contributed by atoms with Gasteiger partial charge in [-0.15, -0.1) is 0 Å². The van der Waals surface area contributed by atoms with Crippen LogP contribution < -0.4 is 4.31 Å². The maximum absolute atomic E-state index is 13.4. The lowest BCUT2D eigenvalue weighted by Gasteiger charge is -2.28. The Labute approximate surface area is 175 Å². The minimum Gasteiger partial charge on any atom is -0.341 e. The first kappa shape index (κ1) is 20.9. The molecule has 0 unspecified atom stereocenters. The summed E-state index contributed by atoms with van der Waals surface area (Å²) >= 11 is 3.40. The molecule has 0 N–H and O–H groups in total. The van der Waals surface area contributed by atoms with Crippen LogP contribution in [0.5, 0.6) is 0 Å². The predicted molar refractivity (Wildman–Crippen MR) is 115 cm³/mol. The third-order valence-corrected chi connectivity index (χ3v) is 7.22. The summed E-state index contributed by atoms with van der Waals surface area (Å²) in [5.74, 6) is -0.155. The van der Waals surface area contributed by atoms with E-state index in [4.69, 9.17) is 0 Å². The first-order valence-electron chi connectivity index (χ1n) is 9.51. The van der Waals surface area contributed by atoms with Crippen LogP contribution in [0.25, 0.3) is 0 Å². The van der Waals surface area contributed by atoms with Crippen LogP contribution in [0.3, 0.4) is 0 Å². The van der Waals surface area contributed by atoms with Crippen molar-refractivity contribution in [1.82, 2.24) is 4.90 Å². The lowest BCUT2D eigenvalue weighted by molar-refractivity contribution is -0.129. The number of hydrogen-bond acceptors (Lipinski definition) is 3. The molecule has 5 nitrogen and oxygen atoms in total. The molecule has 2 aromatic rings. The van der Waals surface area contributed by atoms with Crippen LogP contribution in [0.15, 0.2) is 57.9 Å². The number of likely N-dealkylation sites (tertiary alicyclic amines) is 1. The van der Waals surface area contributed by atoms with Crippen molar-refractivity contribution in [1.29, 1.82) is 0 Å². The fraction of sp³-hybridized carbons (Fsp3) is 0.381. The van der Waals surface area contributed by atoms with Crippen LogP contribution in [0, 0.1) is 6.92 Å². The molecule has 28 heavy (non-hydrogen) atoms. The van der Waals surface area contributed by atoms with Crippen LogP contribution in [-0.4, -0.2) is 38.9 Å². The van der Waals surface area contributed by atoms with Crippen molar-refractivity contribution in [3.63, 3.8) is 0 Å². The van der Waals surface area contributed by atoms with E-state index in [1.807, 2.05) is 13.0 Å². The predicted octanol–water partition coefficient (Wildman–Crippen LogP) is 4.36. The van der Waals surface area contributed by atoms with Gasteiger partial charge in [0.05, 0.1) is 10.6 Å². The van der Waals surface area contributed by atoms with Crippen molar-refractivity contribution in [2.24, 2.45) is 0 Å². The highest BCUT2D eigenvalue weighted by atomic mass is 79.9. The quantitative estimate of drug-likeness (QED) is 0.660. The van der Waals surface area contributed by atoms with Gasteiger partial charge >= 0.3 is 0 Å². The summed E-state index contributed by atoms with van der Waals surface area (Å²) < 4.78 is 28.7. The van der Waals surface area contributed by atoms with Gasteiger partial charge in [-0.25, -0.2) is 8.42 Å². The van der Waals surface area contributed by atoms with Crippen molar-refractivity contribution >= 4 is 37.5 Å². The van der Waals surface area contributed by atoms with Gasteiger partial charge in [-0.05, 0) is 50.1 Å². The first-order valence-corrected chi connectivity index (χ1v) is 11.7. The van der Waals surface area contributed by atoms with Gasteiger partial charge in [-0.3, -0.25) is 9.10 Å². The van der Waals surface area contributed by atoms with Crippen LogP contribution in [0.2, 0.25) is 0 Å². The van der Waals surface area contributed by atoms with E-state index in [1.165, 1.54) is 4.31 Å². The molecule has 0 atom stereocenters. The molecule has 1 aliphatic heterocycles. The molecule has 150 valence electrons. The Bertz CT molecular complexity index is 921. The number of aryl methyl sites for hydroxylation is 1. The number of hydrogen-bond donors (Lipinski definition) is 0. The third-order valence-electron chi connectivity index (χ3n) is 4.94. The van der Waals surface area contributed by atoms with Crippen molar-refractivity contribution in [2.75, 3.05) is 23.9 Å². The summed E-state index contributed by atoms with van der Waals surface area (Å²) in [4.78, 5) is 14.9. The second-order valence-corrected chi connectivity index (χ2v) is 9.88. The van der Waals surface area contributed by atoms with Gasteiger partial charge in [-0.1, -0.05) is 52.5 Å². The monoisotopic (exact) mass is 464 g/mol. The van der Waals surface area contributed by atoms with Crippen LogP contribution >= 0.6 is 15.9 Å². The van der Waals surface area contributed by atoms with Crippen LogP contribution in [0.4, 0.5) is 5.69 Å². The second kappa shape index (κ2) is 9.09. The topological polar surface area (TPSA) is 57.7 Å². The van der Waals surface area contributed by atoms with Gasteiger partial charge in [0.15, 0.2) is 0 Å². The van der Waals surface area contributed by atoms with Gasteiger partial charge in [0, 0.05) is 17.6 Å². The Morgan fingerprint density at radius 3 is 2.29 bits per heavy atom. The Kier molecular flexibility index (Phi) is 6.78. The minimum atomic E-state index is -3.87. The molecule has 1 heterocycles. The molecule has 0 saturated carbocycles. The van der Waals surface area contributed by atoms with E-state index in [2.05, 4.69) is 15.9 Å². The summed E-state index contributed by atoms with van der Waals surface area (Å²) in [6, 6.07) is 13.8. The molecule has 1 saturated heterocycles. The van der Waals surface area contributed by atoms with Crippen molar-refractivity contribution in [3.05, 3.63) is 58.6 Å². The normalized spacial score (nSPS) is 15.1. The zero-order valence-electron chi connectivity index (χ0n) is 16.0. The molecule has 2 aromatic carbocycles. The Morgan fingerprint density at radius 2 is 1.68 bits per heavy atom. The Balaban J connectivity index is 1.95. The van der Waals surface area contributed by atoms with E-state index in [0.29, 0.717) is 18.8 Å². The summed E-state index contributed by atoms with van der Waals surface area (Å²) in [5, 5.41) is 0. The summed E-state index contributed by atoms with van der Waals surface area (Å²) in [7, 11) is -3.87. The first-order chi connectivity index (χ1) is 13.4. The lowest BCUT2D eigenvalue weighted by Crippen LogP contribution is -2.43. The molecular formula is C21H25BrN2O3S. The van der Waals surface area contributed by atoms with Crippen molar-refractivity contribution in [3.8, 4) is 0 Å². The molecule has 1 amide bonds. The molecule has 3 rings (SSSR count). The molecule has 0 bridgehead atoms. The summed E-state index contributed by atoms with van der Waals surface area (Å²) in [5.41, 5.74) is 1.45. The number of sulfonamides is 1. The zero-order chi connectivity index (χ0) is 20.1. The molecule has 0 aromatic heterocycles. The lowest BCUT2D eigenvalue weighted by atomic mass is 10.2. The molecule has 1 aliphatic rings. The fourth-order valence-electron chi connectivity index (χ4n) is 3.33. The second-order valence-electron chi connectivity index (χ2n) is 7.10. The number of carbonyl (C=O) groups is 1. The van der Waals surface area contributed by atoms with E-state index in [1.54, 1.807) is 47.4 Å². The zero-order valence-corrected chi connectivity index (χ0v) is 18.4. The van der Waals surface area contributed by atoms with E-state index in [-0.39, 0.29) is 17.3 Å². The maximum atomic E-state index is 13.4. The highest BCUT2D eigenvalue weighted by molar-refractivity contribution is 9.10. The standard InChI is InChI=1S/C21H25BrN2O3S/c1-17-9-11-20(12-10-17)28(26,27)24(19-8-6-7-18(22)15-19)16-21(25)23-13-4-2-3-5-14-23/h6-12,15H,2-5,13-14,16H2,1H3. The number of carbonyl (C=O) groups excluding carboxylic acids is 1. The molecule has 0 radical (unpaired) electrons. The number of amides is 1. The third kappa shape index (κ3) is 4.94. The smallest absolute Gasteiger partial charge is 0.264 e. The highest BCUT2D eigenvalue weighted by Gasteiger charge is 2.29. The fourth-order valence-corrected chi connectivity index (χ4v) is 5.12. The van der Waals surface area contributed by atoms with Gasteiger partial charge in [-0.2, -0.15) is 0 Å². The van der Waals surface area contributed by atoms with Crippen molar-refractivity contribution < 1.29 is 13.2 Å².